The average molecular weight is 452 g/mol. The maximum Gasteiger partial charge on any atom is 0.227 e. The summed E-state index contributed by atoms with van der Waals surface area (Å²) < 4.78 is 16.1. The molecule has 2 aliphatic heterocycles. The van der Waals surface area contributed by atoms with Crippen LogP contribution in [0.15, 0.2) is 23.4 Å². The summed E-state index contributed by atoms with van der Waals surface area (Å²) in [6.07, 6.45) is 4.27. The van der Waals surface area contributed by atoms with Gasteiger partial charge in [0.25, 0.3) is 0 Å². The lowest BCUT2D eigenvalue weighted by atomic mass is 10.1. The molecule has 1 unspecified atom stereocenters. The van der Waals surface area contributed by atoms with Gasteiger partial charge in [0, 0.05) is 36.5 Å². The molecule has 4 rings (SSSR count). The van der Waals surface area contributed by atoms with Gasteiger partial charge in [0.1, 0.15) is 5.82 Å². The Balaban J connectivity index is 1.41. The van der Waals surface area contributed by atoms with E-state index in [1.165, 1.54) is 32.0 Å². The third kappa shape index (κ3) is 4.65. The summed E-state index contributed by atoms with van der Waals surface area (Å²) in [7, 11) is 1.96. The lowest BCUT2D eigenvalue weighted by molar-refractivity contribution is -0.131. The van der Waals surface area contributed by atoms with E-state index in [1.807, 2.05) is 11.6 Å². The van der Waals surface area contributed by atoms with Crippen LogP contribution < -0.4 is 0 Å². The highest BCUT2D eigenvalue weighted by atomic mass is 35.5. The van der Waals surface area contributed by atoms with Gasteiger partial charge in [-0.15, -0.1) is 10.2 Å². The minimum Gasteiger partial charge on any atom is -0.332 e. The first-order valence-electron chi connectivity index (χ1n) is 10.5. The molecule has 1 aromatic heterocycles. The zero-order chi connectivity index (χ0) is 21.1. The minimum absolute atomic E-state index is 0.0443. The molecule has 3 heterocycles. The number of nitrogens with zero attached hydrogens (tertiary/aromatic N) is 5. The molecule has 0 N–H and O–H groups in total. The summed E-state index contributed by atoms with van der Waals surface area (Å²) in [4.78, 5) is 17.3. The minimum atomic E-state index is -0.443. The highest BCUT2D eigenvalue weighted by molar-refractivity contribution is 7.99. The van der Waals surface area contributed by atoms with Crippen molar-refractivity contribution in [3.8, 4) is 0 Å². The van der Waals surface area contributed by atoms with Gasteiger partial charge in [-0.2, -0.15) is 0 Å². The van der Waals surface area contributed by atoms with Crippen LogP contribution in [-0.2, 0) is 18.3 Å². The first-order valence-corrected chi connectivity index (χ1v) is 11.9. The third-order valence-electron chi connectivity index (χ3n) is 5.97. The van der Waals surface area contributed by atoms with Gasteiger partial charge in [-0.05, 0) is 50.9 Å². The van der Waals surface area contributed by atoms with E-state index in [9.17, 15) is 9.18 Å². The first-order chi connectivity index (χ1) is 14.5. The molecule has 6 nitrogen and oxygen atoms in total. The lowest BCUT2D eigenvalue weighted by Gasteiger charge is -2.24. The van der Waals surface area contributed by atoms with E-state index in [-0.39, 0.29) is 29.0 Å². The molecule has 1 amide bonds. The standard InChI is InChI=1S/C21H27ClFN5OS/c1-26-20(24-25-21(26)30-13-12-27-9-2-3-10-27)18-8-5-11-28(18)19(29)14-15-16(22)6-4-7-17(15)23/h4,6-7,18H,2-3,5,8-14H2,1H3. The second-order valence-corrected chi connectivity index (χ2v) is 9.39. The number of rotatable bonds is 7. The number of hydrogen-bond acceptors (Lipinski definition) is 5. The highest BCUT2D eigenvalue weighted by Gasteiger charge is 2.34. The third-order valence-corrected chi connectivity index (χ3v) is 7.32. The topological polar surface area (TPSA) is 54.3 Å². The summed E-state index contributed by atoms with van der Waals surface area (Å²) in [5, 5.41) is 9.94. The monoisotopic (exact) mass is 451 g/mol. The molecular weight excluding hydrogens is 425 g/mol. The highest BCUT2D eigenvalue weighted by Crippen LogP contribution is 2.33. The Morgan fingerprint density at radius 1 is 1.23 bits per heavy atom. The van der Waals surface area contributed by atoms with E-state index in [0.29, 0.717) is 6.54 Å². The van der Waals surface area contributed by atoms with E-state index in [2.05, 4.69) is 15.1 Å². The van der Waals surface area contributed by atoms with Crippen LogP contribution in [0.4, 0.5) is 4.39 Å². The van der Waals surface area contributed by atoms with Gasteiger partial charge in [0.15, 0.2) is 11.0 Å². The van der Waals surface area contributed by atoms with Crippen molar-refractivity contribution in [1.82, 2.24) is 24.6 Å². The van der Waals surface area contributed by atoms with Crippen molar-refractivity contribution in [3.05, 3.63) is 40.4 Å². The second-order valence-electron chi connectivity index (χ2n) is 7.92. The predicted octanol–water partition coefficient (Wildman–Crippen LogP) is 3.70. The van der Waals surface area contributed by atoms with Crippen molar-refractivity contribution in [2.24, 2.45) is 7.05 Å². The molecule has 162 valence electrons. The summed E-state index contributed by atoms with van der Waals surface area (Å²) in [5.74, 6) is 1.20. The van der Waals surface area contributed by atoms with Gasteiger partial charge in [-0.1, -0.05) is 29.4 Å². The zero-order valence-corrected chi connectivity index (χ0v) is 18.8. The molecule has 9 heteroatoms. The Kier molecular flexibility index (Phi) is 6.95. The lowest BCUT2D eigenvalue weighted by Crippen LogP contribution is -2.33. The van der Waals surface area contributed by atoms with E-state index >= 15 is 0 Å². The van der Waals surface area contributed by atoms with Crippen LogP contribution in [0.5, 0.6) is 0 Å². The number of thioether (sulfide) groups is 1. The Labute approximate surface area is 185 Å². The smallest absolute Gasteiger partial charge is 0.227 e. The molecule has 0 bridgehead atoms. The van der Waals surface area contributed by atoms with E-state index in [0.717, 1.165) is 36.1 Å². The number of halogens is 2. The number of carbonyl (C=O) groups excluding carboxylic acids is 1. The number of aromatic nitrogens is 3. The quantitative estimate of drug-likeness (QED) is 0.601. The fraction of sp³-hybridized carbons (Fsp3) is 0.571. The maximum absolute atomic E-state index is 14.1. The molecule has 30 heavy (non-hydrogen) atoms. The molecule has 1 aromatic carbocycles. The van der Waals surface area contributed by atoms with Gasteiger partial charge >= 0.3 is 0 Å². The van der Waals surface area contributed by atoms with Crippen LogP contribution in [0, 0.1) is 5.82 Å². The fourth-order valence-corrected chi connectivity index (χ4v) is 5.45. The van der Waals surface area contributed by atoms with Crippen molar-refractivity contribution in [3.63, 3.8) is 0 Å². The van der Waals surface area contributed by atoms with Gasteiger partial charge < -0.3 is 14.4 Å². The largest absolute Gasteiger partial charge is 0.332 e. The van der Waals surface area contributed by atoms with Gasteiger partial charge in [-0.3, -0.25) is 4.79 Å². The van der Waals surface area contributed by atoms with Gasteiger partial charge in [0.2, 0.25) is 5.91 Å². The van der Waals surface area contributed by atoms with Crippen LogP contribution >= 0.6 is 23.4 Å². The van der Waals surface area contributed by atoms with Crippen molar-refractivity contribution in [1.29, 1.82) is 0 Å². The van der Waals surface area contributed by atoms with Crippen molar-refractivity contribution >= 4 is 29.3 Å². The predicted molar refractivity (Wildman–Crippen MR) is 116 cm³/mol. The fourth-order valence-electron chi connectivity index (χ4n) is 4.30. The van der Waals surface area contributed by atoms with E-state index < -0.39 is 5.82 Å². The maximum atomic E-state index is 14.1. The number of hydrogen-bond donors (Lipinski definition) is 0. The average Bonchev–Trinajstić information content (AvgIpc) is 3.47. The summed E-state index contributed by atoms with van der Waals surface area (Å²) in [5.41, 5.74) is 0.255. The Hall–Kier alpha value is -1.64. The van der Waals surface area contributed by atoms with Crippen LogP contribution in [0.2, 0.25) is 5.02 Å². The molecule has 1 atom stereocenters. The Bertz CT molecular complexity index is 881. The molecule has 0 radical (unpaired) electrons. The zero-order valence-electron chi connectivity index (χ0n) is 17.2. The van der Waals surface area contributed by atoms with Crippen LogP contribution in [0.25, 0.3) is 0 Å². The SMILES string of the molecule is Cn1c(SCCN2CCCC2)nnc1C1CCCN1C(=O)Cc1c(F)cccc1Cl. The molecule has 2 saturated heterocycles. The van der Waals surface area contributed by atoms with Crippen molar-refractivity contribution in [2.45, 2.75) is 43.3 Å². The normalized spacial score (nSPS) is 19.7. The molecule has 0 saturated carbocycles. The van der Waals surface area contributed by atoms with Crippen molar-refractivity contribution in [2.75, 3.05) is 31.9 Å². The molecule has 2 aliphatic rings. The number of benzene rings is 1. The first kappa shape index (κ1) is 21.6. The summed E-state index contributed by atoms with van der Waals surface area (Å²) >= 11 is 7.82. The van der Waals surface area contributed by atoms with Crippen LogP contribution in [0.1, 0.15) is 43.1 Å². The van der Waals surface area contributed by atoms with Gasteiger partial charge in [0.05, 0.1) is 12.5 Å². The Morgan fingerprint density at radius 3 is 2.80 bits per heavy atom. The van der Waals surface area contributed by atoms with E-state index in [1.54, 1.807) is 28.8 Å². The summed E-state index contributed by atoms with van der Waals surface area (Å²) in [6, 6.07) is 4.37. The Morgan fingerprint density at radius 2 is 2.03 bits per heavy atom. The number of likely N-dealkylation sites (tertiary alicyclic amines) is 2. The molecule has 0 spiro atoms. The van der Waals surface area contributed by atoms with Crippen molar-refractivity contribution < 1.29 is 9.18 Å². The molecule has 0 aliphatic carbocycles. The molecule has 2 aromatic rings. The number of amides is 1. The number of carbonyl (C=O) groups is 1. The second kappa shape index (κ2) is 9.66. The van der Waals surface area contributed by atoms with E-state index in [4.69, 9.17) is 11.6 Å². The van der Waals surface area contributed by atoms with Crippen LogP contribution in [0.3, 0.4) is 0 Å². The molecular formula is C21H27ClFN5OS. The van der Waals surface area contributed by atoms with Crippen LogP contribution in [-0.4, -0.2) is 62.4 Å². The summed E-state index contributed by atoms with van der Waals surface area (Å²) in [6.45, 7) is 4.08. The van der Waals surface area contributed by atoms with Gasteiger partial charge in [-0.25, -0.2) is 4.39 Å². The molecule has 2 fully saturated rings.